The number of hydrogen-bond donors (Lipinski definition) is 2. The number of nitrogen functional groups attached to an aromatic ring is 1. The Morgan fingerprint density at radius 2 is 2.35 bits per heavy atom. The lowest BCUT2D eigenvalue weighted by atomic mass is 10.3. The van der Waals surface area contributed by atoms with Gasteiger partial charge in [0, 0.05) is 17.6 Å². The van der Waals surface area contributed by atoms with Gasteiger partial charge in [-0.05, 0) is 25.2 Å². The number of carbonyl (C=O) groups excluding carboxylic acids is 1. The highest BCUT2D eigenvalue weighted by atomic mass is 35.5. The molecule has 0 spiro atoms. The Morgan fingerprint density at radius 3 is 3.05 bits per heavy atom. The predicted octanol–water partition coefficient (Wildman–Crippen LogP) is 2.45. The number of nitrogens with zero attached hydrogens (tertiary/aromatic N) is 2. The average Bonchev–Trinajstić information content (AvgIpc) is 2.86. The van der Waals surface area contributed by atoms with Gasteiger partial charge in [-0.25, -0.2) is 4.98 Å². The van der Waals surface area contributed by atoms with Crippen molar-refractivity contribution in [1.29, 1.82) is 0 Å². The van der Waals surface area contributed by atoms with Gasteiger partial charge in [-0.15, -0.1) is 11.3 Å². The number of halogens is 1. The van der Waals surface area contributed by atoms with E-state index in [0.29, 0.717) is 22.9 Å². The van der Waals surface area contributed by atoms with E-state index in [2.05, 4.69) is 10.3 Å². The number of aromatic nitrogens is 1. The van der Waals surface area contributed by atoms with Crippen LogP contribution in [-0.4, -0.2) is 29.4 Å². The van der Waals surface area contributed by atoms with Crippen LogP contribution >= 0.6 is 22.9 Å². The van der Waals surface area contributed by atoms with E-state index in [1.54, 1.807) is 23.7 Å². The molecule has 0 aliphatic rings. The molecule has 106 valence electrons. The highest BCUT2D eigenvalue weighted by molar-refractivity contribution is 7.07. The maximum atomic E-state index is 11.9. The minimum absolute atomic E-state index is 0.143. The number of nitrogens with two attached hydrogens (primary N) is 1. The highest BCUT2D eigenvalue weighted by Gasteiger charge is 2.10. The molecule has 2 aromatic rings. The van der Waals surface area contributed by atoms with Gasteiger partial charge in [0.2, 0.25) is 5.91 Å². The SMILES string of the molecule is CN(CC(=O)Nc1cc(N)ccc1Cl)Cc1cscn1. The van der Waals surface area contributed by atoms with Gasteiger partial charge < -0.3 is 11.1 Å². The van der Waals surface area contributed by atoms with Gasteiger partial charge in [0.25, 0.3) is 0 Å². The molecule has 0 atom stereocenters. The van der Waals surface area contributed by atoms with Crippen molar-refractivity contribution in [2.45, 2.75) is 6.54 Å². The third-order valence-electron chi connectivity index (χ3n) is 2.59. The molecule has 7 heteroatoms. The van der Waals surface area contributed by atoms with Gasteiger partial charge in [0.1, 0.15) is 0 Å². The van der Waals surface area contributed by atoms with Gasteiger partial charge in [-0.1, -0.05) is 11.6 Å². The fourth-order valence-electron chi connectivity index (χ4n) is 1.72. The van der Waals surface area contributed by atoms with E-state index in [0.717, 1.165) is 5.69 Å². The molecular formula is C13H15ClN4OS. The van der Waals surface area contributed by atoms with Crippen molar-refractivity contribution >= 4 is 40.2 Å². The lowest BCUT2D eigenvalue weighted by Crippen LogP contribution is -2.30. The maximum Gasteiger partial charge on any atom is 0.238 e. The molecule has 20 heavy (non-hydrogen) atoms. The van der Waals surface area contributed by atoms with E-state index in [1.807, 2.05) is 17.3 Å². The normalized spacial score (nSPS) is 10.8. The molecule has 1 aromatic carbocycles. The van der Waals surface area contributed by atoms with Crippen LogP contribution in [0.4, 0.5) is 11.4 Å². The predicted molar refractivity (Wildman–Crippen MR) is 82.9 cm³/mol. The Hall–Kier alpha value is -1.63. The van der Waals surface area contributed by atoms with Crippen LogP contribution in [0.3, 0.4) is 0 Å². The van der Waals surface area contributed by atoms with E-state index in [1.165, 1.54) is 11.3 Å². The molecular weight excluding hydrogens is 296 g/mol. The summed E-state index contributed by atoms with van der Waals surface area (Å²) in [5.41, 5.74) is 9.47. The molecule has 0 unspecified atom stereocenters. The average molecular weight is 311 g/mol. The fourth-order valence-corrected chi connectivity index (χ4v) is 2.44. The molecule has 0 radical (unpaired) electrons. The van der Waals surface area contributed by atoms with Crippen LogP contribution in [0.5, 0.6) is 0 Å². The monoisotopic (exact) mass is 310 g/mol. The third-order valence-corrected chi connectivity index (χ3v) is 3.56. The standard InChI is InChI=1S/C13H15ClN4OS/c1-18(5-10-7-20-8-16-10)6-13(19)17-12-4-9(15)2-3-11(12)14/h2-4,7-8H,5-6,15H2,1H3,(H,17,19). The number of benzene rings is 1. The number of carbonyl (C=O) groups is 1. The van der Waals surface area contributed by atoms with Crippen LogP contribution in [0.25, 0.3) is 0 Å². The Bertz CT molecular complexity index is 588. The summed E-state index contributed by atoms with van der Waals surface area (Å²) >= 11 is 7.54. The van der Waals surface area contributed by atoms with Crippen molar-refractivity contribution < 1.29 is 4.79 Å². The van der Waals surface area contributed by atoms with E-state index in [4.69, 9.17) is 17.3 Å². The van der Waals surface area contributed by atoms with Crippen molar-refractivity contribution in [3.8, 4) is 0 Å². The maximum absolute atomic E-state index is 11.9. The number of nitrogens with one attached hydrogen (secondary N) is 1. The number of likely N-dealkylation sites (N-methyl/N-ethyl adjacent to an activating group) is 1. The number of thiazole rings is 1. The second kappa shape index (κ2) is 6.69. The van der Waals surface area contributed by atoms with Gasteiger partial charge in [0.15, 0.2) is 0 Å². The van der Waals surface area contributed by atoms with E-state index in [-0.39, 0.29) is 12.5 Å². The minimum atomic E-state index is -0.143. The Balaban J connectivity index is 1.90. The molecule has 1 amide bonds. The minimum Gasteiger partial charge on any atom is -0.399 e. The summed E-state index contributed by atoms with van der Waals surface area (Å²) in [5.74, 6) is -0.143. The van der Waals surface area contributed by atoms with Crippen molar-refractivity contribution in [1.82, 2.24) is 9.88 Å². The van der Waals surface area contributed by atoms with Crippen LogP contribution in [0, 0.1) is 0 Å². The highest BCUT2D eigenvalue weighted by Crippen LogP contribution is 2.23. The van der Waals surface area contributed by atoms with Crippen LogP contribution in [0.1, 0.15) is 5.69 Å². The molecule has 0 fully saturated rings. The largest absolute Gasteiger partial charge is 0.399 e. The number of anilines is 2. The molecule has 0 bridgehead atoms. The molecule has 3 N–H and O–H groups in total. The van der Waals surface area contributed by atoms with Gasteiger partial charge in [-0.2, -0.15) is 0 Å². The molecule has 0 aliphatic heterocycles. The zero-order valence-corrected chi connectivity index (χ0v) is 12.5. The van der Waals surface area contributed by atoms with E-state index < -0.39 is 0 Å². The topological polar surface area (TPSA) is 71.2 Å². The van der Waals surface area contributed by atoms with Crippen LogP contribution in [0.2, 0.25) is 5.02 Å². The second-order valence-electron chi connectivity index (χ2n) is 4.44. The van der Waals surface area contributed by atoms with E-state index in [9.17, 15) is 4.79 Å². The van der Waals surface area contributed by atoms with Gasteiger partial charge in [0.05, 0.1) is 28.5 Å². The Labute approximate surface area is 126 Å². The summed E-state index contributed by atoms with van der Waals surface area (Å²) in [6, 6.07) is 4.98. The van der Waals surface area contributed by atoms with Crippen LogP contribution in [0.15, 0.2) is 29.1 Å². The smallest absolute Gasteiger partial charge is 0.238 e. The number of rotatable bonds is 5. The molecule has 0 saturated carbocycles. The van der Waals surface area contributed by atoms with E-state index >= 15 is 0 Å². The first kappa shape index (κ1) is 14.8. The first-order valence-electron chi connectivity index (χ1n) is 5.95. The van der Waals surface area contributed by atoms with Gasteiger partial charge >= 0.3 is 0 Å². The summed E-state index contributed by atoms with van der Waals surface area (Å²) in [6.45, 7) is 0.879. The first-order chi connectivity index (χ1) is 9.54. The summed E-state index contributed by atoms with van der Waals surface area (Å²) < 4.78 is 0. The zero-order valence-electron chi connectivity index (χ0n) is 11.0. The summed E-state index contributed by atoms with van der Waals surface area (Å²) in [7, 11) is 1.86. The molecule has 0 aliphatic carbocycles. The molecule has 5 nitrogen and oxygen atoms in total. The molecule has 1 aromatic heterocycles. The van der Waals surface area contributed by atoms with Crippen LogP contribution < -0.4 is 11.1 Å². The van der Waals surface area contributed by atoms with Crippen molar-refractivity contribution in [3.05, 3.63) is 39.8 Å². The Morgan fingerprint density at radius 1 is 1.55 bits per heavy atom. The lowest BCUT2D eigenvalue weighted by Gasteiger charge is -2.15. The number of hydrogen-bond acceptors (Lipinski definition) is 5. The molecule has 0 saturated heterocycles. The second-order valence-corrected chi connectivity index (χ2v) is 5.57. The van der Waals surface area contributed by atoms with Crippen molar-refractivity contribution in [2.24, 2.45) is 0 Å². The fraction of sp³-hybridized carbons (Fsp3) is 0.231. The number of amides is 1. The summed E-state index contributed by atoms with van der Waals surface area (Å²) in [5, 5.41) is 5.18. The summed E-state index contributed by atoms with van der Waals surface area (Å²) in [4.78, 5) is 18.0. The quantitative estimate of drug-likeness (QED) is 0.832. The summed E-state index contributed by atoms with van der Waals surface area (Å²) in [6.07, 6.45) is 0. The van der Waals surface area contributed by atoms with Crippen molar-refractivity contribution in [3.63, 3.8) is 0 Å². The Kier molecular flexibility index (Phi) is 4.94. The van der Waals surface area contributed by atoms with Crippen LogP contribution in [-0.2, 0) is 11.3 Å². The van der Waals surface area contributed by atoms with Gasteiger partial charge in [-0.3, -0.25) is 9.69 Å². The molecule has 1 heterocycles. The lowest BCUT2D eigenvalue weighted by molar-refractivity contribution is -0.117. The third kappa shape index (κ3) is 4.19. The van der Waals surface area contributed by atoms with Crippen molar-refractivity contribution in [2.75, 3.05) is 24.6 Å². The first-order valence-corrected chi connectivity index (χ1v) is 7.27. The zero-order chi connectivity index (χ0) is 14.5. The molecule has 2 rings (SSSR count).